The molecule has 0 aliphatic carbocycles. The van der Waals surface area contributed by atoms with E-state index in [0.717, 1.165) is 23.1 Å². The number of hydrogen-bond acceptors (Lipinski definition) is 12. The minimum Gasteiger partial charge on any atom is -0.508 e. The van der Waals surface area contributed by atoms with Crippen LogP contribution in [0.5, 0.6) is 5.75 Å². The van der Waals surface area contributed by atoms with Crippen molar-refractivity contribution in [3.8, 4) is 16.9 Å². The molecule has 0 saturated heterocycles. The van der Waals surface area contributed by atoms with Gasteiger partial charge in [-0.15, -0.1) is 0 Å². The van der Waals surface area contributed by atoms with Crippen molar-refractivity contribution in [2.75, 3.05) is 32.7 Å². The van der Waals surface area contributed by atoms with Gasteiger partial charge in [-0.05, 0) is 112 Å². The Labute approximate surface area is 329 Å². The fraction of sp³-hybridized carbons (Fsp3) is 0.564. The Hall–Kier alpha value is -4.65. The first-order chi connectivity index (χ1) is 26.9. The summed E-state index contributed by atoms with van der Waals surface area (Å²) >= 11 is 0. The topological polar surface area (TPSA) is 322 Å². The second kappa shape index (κ2) is 24.1. The molecule has 17 nitrogen and oxygen atoms in total. The van der Waals surface area contributed by atoms with Crippen LogP contribution in [-0.2, 0) is 36.8 Å². The first-order valence-corrected chi connectivity index (χ1v) is 19.6. The lowest BCUT2D eigenvalue weighted by atomic mass is 9.96. The molecule has 0 spiro atoms. The minimum absolute atomic E-state index is 0.0140. The third-order valence-corrected chi connectivity index (χ3v) is 9.74. The molecule has 18 N–H and O–H groups in total. The van der Waals surface area contributed by atoms with Crippen molar-refractivity contribution in [3.05, 3.63) is 53.6 Å². The summed E-state index contributed by atoms with van der Waals surface area (Å²) in [4.78, 5) is 66.8. The van der Waals surface area contributed by atoms with Gasteiger partial charge in [0.2, 0.25) is 29.5 Å². The fourth-order valence-corrected chi connectivity index (χ4v) is 6.39. The minimum atomic E-state index is -1.14. The lowest BCUT2D eigenvalue weighted by Gasteiger charge is -2.26. The second-order valence-corrected chi connectivity index (χ2v) is 14.4. The molecule has 310 valence electrons. The van der Waals surface area contributed by atoms with Gasteiger partial charge in [-0.2, -0.15) is 0 Å². The highest BCUT2D eigenvalue weighted by Crippen LogP contribution is 2.28. The summed E-state index contributed by atoms with van der Waals surface area (Å²) < 4.78 is 0. The predicted octanol–water partition coefficient (Wildman–Crippen LogP) is -1.79. The number of nitrogens with one attached hydrogen (secondary N) is 5. The molecule has 3 rings (SSSR count). The fourth-order valence-electron chi connectivity index (χ4n) is 6.39. The summed E-state index contributed by atoms with van der Waals surface area (Å²) in [5.74, 6) is -2.54. The number of carbonyl (C=O) groups is 5. The molecule has 17 heteroatoms. The van der Waals surface area contributed by atoms with Crippen LogP contribution < -0.4 is 61.0 Å². The van der Waals surface area contributed by atoms with Crippen LogP contribution in [0.3, 0.4) is 0 Å². The van der Waals surface area contributed by atoms with E-state index in [1.807, 2.05) is 24.3 Å². The van der Waals surface area contributed by atoms with Gasteiger partial charge in [-0.3, -0.25) is 24.0 Å². The molecule has 5 amide bonds. The van der Waals surface area contributed by atoms with Crippen LogP contribution >= 0.6 is 0 Å². The number of hydrogen-bond donors (Lipinski definition) is 12. The van der Waals surface area contributed by atoms with Crippen molar-refractivity contribution in [1.82, 2.24) is 26.6 Å². The van der Waals surface area contributed by atoms with Gasteiger partial charge in [0.1, 0.15) is 23.9 Å². The predicted molar refractivity (Wildman–Crippen MR) is 215 cm³/mol. The van der Waals surface area contributed by atoms with Crippen molar-refractivity contribution >= 4 is 29.5 Å². The van der Waals surface area contributed by atoms with E-state index in [9.17, 15) is 29.1 Å². The number of phenols is 1. The van der Waals surface area contributed by atoms with Gasteiger partial charge in [0, 0.05) is 32.0 Å². The first-order valence-electron chi connectivity index (χ1n) is 19.6. The maximum atomic E-state index is 14.0. The Morgan fingerprint density at radius 1 is 0.786 bits per heavy atom. The van der Waals surface area contributed by atoms with E-state index in [2.05, 4.69) is 26.6 Å². The zero-order chi connectivity index (χ0) is 41.0. The molecule has 56 heavy (non-hydrogen) atoms. The van der Waals surface area contributed by atoms with Gasteiger partial charge in [-0.25, -0.2) is 0 Å². The first kappa shape index (κ1) is 45.7. The van der Waals surface area contributed by atoms with Crippen molar-refractivity contribution in [1.29, 1.82) is 0 Å². The molecule has 0 fully saturated rings. The molecule has 2 aromatic carbocycles. The van der Waals surface area contributed by atoms with E-state index in [1.165, 1.54) is 6.07 Å². The molecule has 4 bridgehead atoms. The van der Waals surface area contributed by atoms with Crippen LogP contribution in [0.1, 0.15) is 68.9 Å². The maximum Gasteiger partial charge on any atom is 0.243 e. The molecule has 0 unspecified atom stereocenters. The van der Waals surface area contributed by atoms with Crippen LogP contribution in [0.15, 0.2) is 42.5 Å². The third kappa shape index (κ3) is 15.1. The largest absolute Gasteiger partial charge is 0.508 e. The highest BCUT2D eigenvalue weighted by molar-refractivity contribution is 5.95. The van der Waals surface area contributed by atoms with Gasteiger partial charge in [0.25, 0.3) is 0 Å². The van der Waals surface area contributed by atoms with Gasteiger partial charge in [0.15, 0.2) is 0 Å². The highest BCUT2D eigenvalue weighted by atomic mass is 16.3. The number of benzene rings is 2. The van der Waals surface area contributed by atoms with E-state index in [4.69, 9.17) is 34.4 Å². The van der Waals surface area contributed by atoms with E-state index in [-0.39, 0.29) is 63.0 Å². The maximum absolute atomic E-state index is 14.0. The normalized spacial score (nSPS) is 18.9. The number of nitrogens with two attached hydrogens (primary N) is 6. The number of carbonyl (C=O) groups excluding carboxylic acids is 5. The Bertz CT molecular complexity index is 1590. The number of phenolic OH excluding ortho intramolecular Hbond substituents is 1. The van der Waals surface area contributed by atoms with Gasteiger partial charge < -0.3 is 66.1 Å². The van der Waals surface area contributed by atoms with Crippen LogP contribution in [0.25, 0.3) is 11.1 Å². The van der Waals surface area contributed by atoms with E-state index in [1.54, 1.807) is 12.1 Å². The summed E-state index contributed by atoms with van der Waals surface area (Å²) in [6.07, 6.45) is 4.35. The van der Waals surface area contributed by atoms with Crippen molar-refractivity contribution in [2.24, 2.45) is 34.4 Å². The Morgan fingerprint density at radius 2 is 1.50 bits per heavy atom. The average molecular weight is 782 g/mol. The lowest BCUT2D eigenvalue weighted by Crippen LogP contribution is -2.58. The lowest BCUT2D eigenvalue weighted by molar-refractivity contribution is -0.134. The van der Waals surface area contributed by atoms with Gasteiger partial charge >= 0.3 is 0 Å². The van der Waals surface area contributed by atoms with Crippen LogP contribution in [-0.4, -0.2) is 104 Å². The van der Waals surface area contributed by atoms with Crippen LogP contribution in [0.4, 0.5) is 0 Å². The van der Waals surface area contributed by atoms with E-state index < -0.39 is 53.8 Å². The number of aromatic hydroxyl groups is 1. The molecule has 0 saturated carbocycles. The molecule has 6 atom stereocenters. The smallest absolute Gasteiger partial charge is 0.243 e. The van der Waals surface area contributed by atoms with Gasteiger partial charge in [-0.1, -0.05) is 30.3 Å². The van der Waals surface area contributed by atoms with E-state index in [0.29, 0.717) is 57.2 Å². The van der Waals surface area contributed by atoms with Crippen molar-refractivity contribution in [2.45, 2.75) is 107 Å². The summed E-state index contributed by atoms with van der Waals surface area (Å²) in [6, 6.07) is 7.29. The molecule has 2 aromatic rings. The summed E-state index contributed by atoms with van der Waals surface area (Å²) in [5, 5.41) is 24.5. The summed E-state index contributed by atoms with van der Waals surface area (Å²) in [7, 11) is 0. The molecule has 1 aliphatic heterocycles. The quantitative estimate of drug-likeness (QED) is 0.0664. The molecule has 1 aliphatic rings. The van der Waals surface area contributed by atoms with E-state index >= 15 is 0 Å². The number of amides is 5. The second-order valence-electron chi connectivity index (χ2n) is 14.4. The van der Waals surface area contributed by atoms with Crippen molar-refractivity contribution < 1.29 is 29.1 Å². The van der Waals surface area contributed by atoms with Crippen LogP contribution in [0.2, 0.25) is 0 Å². The summed E-state index contributed by atoms with van der Waals surface area (Å²) in [6.45, 7) is 1.67. The molecular formula is C39H63N11O6. The SMILES string of the molecule is NCCC[C@H](N)CNC(=O)[C@@H](N)CCCCNC(=O)[C@@H](CCCN)NC(=O)[C@@H]1Cc2cccc(c2)-c2ccc(O)c(c2)C[C@H](N)C(=O)N[C@@H](CCCN)C(=O)N1. The van der Waals surface area contributed by atoms with Gasteiger partial charge in [0.05, 0.1) is 12.1 Å². The zero-order valence-electron chi connectivity index (χ0n) is 32.3. The van der Waals surface area contributed by atoms with Crippen LogP contribution in [0, 0.1) is 0 Å². The third-order valence-electron chi connectivity index (χ3n) is 9.74. The number of rotatable bonds is 20. The Morgan fingerprint density at radius 3 is 2.23 bits per heavy atom. The molecule has 0 aromatic heterocycles. The monoisotopic (exact) mass is 781 g/mol. The highest BCUT2D eigenvalue weighted by Gasteiger charge is 2.31. The molecule has 1 heterocycles. The summed E-state index contributed by atoms with van der Waals surface area (Å²) in [5.41, 5.74) is 38.0. The molecular weight excluding hydrogens is 718 g/mol. The Kier molecular flexibility index (Phi) is 19.7. The standard InChI is InChI=1S/C39H63N11O6/c40-15-4-9-28(43)23-47-35(52)29(44)10-1-2-18-46-37(54)31(11-5-16-41)49-39(56)33-20-24-7-3-8-25(19-24)26-13-14-34(51)27(21-26)22-30(45)36(53)48-32(12-6-17-42)38(55)50-33/h3,7-8,13-14,19,21,28-33,51H,1-2,4-6,9-12,15-18,20,22-23,40-45H2,(H,46,54)(H,47,52)(H,48,53)(H,49,56)(H,50,55)/t28-,29-,30-,31+,32-,33-/m0/s1. The Balaban J connectivity index is 1.74. The molecule has 0 radical (unpaired) electrons. The average Bonchev–Trinajstić information content (AvgIpc) is 3.18. The number of unbranched alkanes of at least 4 members (excludes halogenated alkanes) is 1. The van der Waals surface area contributed by atoms with Crippen molar-refractivity contribution in [3.63, 3.8) is 0 Å². The zero-order valence-corrected chi connectivity index (χ0v) is 32.3. The number of fused-ring (bicyclic) bond motifs is 5.